The zero-order valence-electron chi connectivity index (χ0n) is 16.0. The molecule has 1 N–H and O–H groups in total. The van der Waals surface area contributed by atoms with Crippen molar-refractivity contribution < 1.29 is 27.8 Å². The van der Waals surface area contributed by atoms with Crippen LogP contribution in [-0.2, 0) is 9.53 Å². The maximum atomic E-state index is 12.3. The van der Waals surface area contributed by atoms with Gasteiger partial charge in [-0.05, 0) is 31.7 Å². The van der Waals surface area contributed by atoms with Crippen LogP contribution in [0.15, 0.2) is 6.07 Å². The SMILES string of the molecule is CC(=O)N[C@@H](C)COC1CC(COc2nc3sc(OCC(F)F)nc3cc2Cl)C1. The normalized spacial score (nSPS) is 19.8. The van der Waals surface area contributed by atoms with Crippen molar-refractivity contribution in [2.45, 2.75) is 45.3 Å². The monoisotopic (exact) mass is 449 g/mol. The van der Waals surface area contributed by atoms with Gasteiger partial charge in [-0.2, -0.15) is 4.98 Å². The summed E-state index contributed by atoms with van der Waals surface area (Å²) in [6.07, 6.45) is -0.694. The first kappa shape index (κ1) is 21.9. The molecular formula is C18H22ClF2N3O4S. The van der Waals surface area contributed by atoms with E-state index in [1.54, 1.807) is 6.07 Å². The average Bonchev–Trinajstić information content (AvgIpc) is 2.99. The third-order valence-electron chi connectivity index (χ3n) is 4.30. The summed E-state index contributed by atoms with van der Waals surface area (Å²) in [5, 5.41) is 3.20. The van der Waals surface area contributed by atoms with E-state index in [1.165, 1.54) is 6.92 Å². The zero-order chi connectivity index (χ0) is 21.0. The zero-order valence-corrected chi connectivity index (χ0v) is 17.6. The van der Waals surface area contributed by atoms with Gasteiger partial charge >= 0.3 is 0 Å². The summed E-state index contributed by atoms with van der Waals surface area (Å²) < 4.78 is 40.9. The molecule has 0 radical (unpaired) electrons. The Balaban J connectivity index is 1.45. The Morgan fingerprint density at radius 2 is 2.10 bits per heavy atom. The minimum Gasteiger partial charge on any atom is -0.476 e. The molecule has 3 rings (SSSR count). The van der Waals surface area contributed by atoms with Crippen molar-refractivity contribution in [2.75, 3.05) is 19.8 Å². The van der Waals surface area contributed by atoms with E-state index in [0.29, 0.717) is 34.5 Å². The van der Waals surface area contributed by atoms with Crippen LogP contribution in [0.2, 0.25) is 5.02 Å². The molecule has 0 spiro atoms. The predicted molar refractivity (Wildman–Crippen MR) is 105 cm³/mol. The summed E-state index contributed by atoms with van der Waals surface area (Å²) in [5.74, 6) is 0.541. The Hall–Kier alpha value is -1.78. The van der Waals surface area contributed by atoms with Gasteiger partial charge in [0, 0.05) is 13.0 Å². The van der Waals surface area contributed by atoms with Crippen LogP contribution in [-0.4, -0.2) is 54.3 Å². The average molecular weight is 450 g/mol. The molecule has 0 aromatic carbocycles. The largest absolute Gasteiger partial charge is 0.476 e. The number of alkyl halides is 2. The number of hydrogen-bond donors (Lipinski definition) is 1. The first-order valence-electron chi connectivity index (χ1n) is 9.19. The van der Waals surface area contributed by atoms with E-state index in [0.717, 1.165) is 24.2 Å². The maximum absolute atomic E-state index is 12.3. The number of carbonyl (C=O) groups is 1. The van der Waals surface area contributed by atoms with Gasteiger partial charge in [0.25, 0.3) is 11.6 Å². The molecule has 29 heavy (non-hydrogen) atoms. The Bertz CT molecular complexity index is 848. The fraction of sp³-hybridized carbons (Fsp3) is 0.611. The van der Waals surface area contributed by atoms with Crippen LogP contribution >= 0.6 is 22.9 Å². The van der Waals surface area contributed by atoms with E-state index in [2.05, 4.69) is 15.3 Å². The summed E-state index contributed by atoms with van der Waals surface area (Å²) in [5.41, 5.74) is 0.474. The van der Waals surface area contributed by atoms with E-state index in [1.807, 2.05) is 6.92 Å². The second kappa shape index (κ2) is 9.82. The number of aromatic nitrogens is 2. The van der Waals surface area contributed by atoms with Gasteiger partial charge in [-0.25, -0.2) is 13.8 Å². The van der Waals surface area contributed by atoms with Crippen molar-refractivity contribution in [3.05, 3.63) is 11.1 Å². The summed E-state index contributed by atoms with van der Waals surface area (Å²) in [4.78, 5) is 19.9. The summed E-state index contributed by atoms with van der Waals surface area (Å²) >= 11 is 7.26. The molecule has 1 aliphatic carbocycles. The van der Waals surface area contributed by atoms with Crippen molar-refractivity contribution in [3.63, 3.8) is 0 Å². The van der Waals surface area contributed by atoms with Gasteiger partial charge in [0.15, 0.2) is 11.4 Å². The number of fused-ring (bicyclic) bond motifs is 1. The first-order chi connectivity index (χ1) is 13.8. The van der Waals surface area contributed by atoms with Crippen molar-refractivity contribution in [2.24, 2.45) is 5.92 Å². The number of nitrogens with one attached hydrogen (secondary N) is 1. The molecule has 1 fully saturated rings. The number of carbonyl (C=O) groups excluding carboxylic acids is 1. The summed E-state index contributed by atoms with van der Waals surface area (Å²) in [6, 6.07) is 1.56. The Labute approximate surface area is 175 Å². The first-order valence-corrected chi connectivity index (χ1v) is 10.4. The molecule has 7 nitrogen and oxygen atoms in total. The molecule has 2 heterocycles. The topological polar surface area (TPSA) is 82.6 Å². The lowest BCUT2D eigenvalue weighted by Gasteiger charge is -2.35. The smallest absolute Gasteiger partial charge is 0.276 e. The van der Waals surface area contributed by atoms with E-state index >= 15 is 0 Å². The molecule has 1 saturated carbocycles. The molecular weight excluding hydrogens is 428 g/mol. The molecule has 160 valence electrons. The van der Waals surface area contributed by atoms with Crippen LogP contribution in [0.1, 0.15) is 26.7 Å². The second-order valence-electron chi connectivity index (χ2n) is 6.99. The lowest BCUT2D eigenvalue weighted by Crippen LogP contribution is -2.40. The highest BCUT2D eigenvalue weighted by molar-refractivity contribution is 7.19. The van der Waals surface area contributed by atoms with Gasteiger partial charge in [0.05, 0.1) is 19.3 Å². The van der Waals surface area contributed by atoms with Gasteiger partial charge in [-0.3, -0.25) is 4.79 Å². The molecule has 0 bridgehead atoms. The van der Waals surface area contributed by atoms with E-state index in [-0.39, 0.29) is 29.1 Å². The number of amides is 1. The molecule has 2 aromatic rings. The predicted octanol–water partition coefficient (Wildman–Crippen LogP) is 3.69. The lowest BCUT2D eigenvalue weighted by atomic mass is 9.83. The van der Waals surface area contributed by atoms with Gasteiger partial charge in [0.2, 0.25) is 11.8 Å². The fourth-order valence-corrected chi connectivity index (χ4v) is 3.89. The maximum Gasteiger partial charge on any atom is 0.276 e. The quantitative estimate of drug-likeness (QED) is 0.595. The number of nitrogens with zero attached hydrogens (tertiary/aromatic N) is 2. The standard InChI is InChI=1S/C18H22ClF2N3O4S/c1-9(22-10(2)25)6-26-12-3-11(4-12)7-27-16-13(19)5-14-17(24-16)29-18(23-14)28-8-15(20)21/h5,9,11-12,15H,3-4,6-8H2,1-2H3,(H,22,25)/t9-,11?,12?/m0/s1. The van der Waals surface area contributed by atoms with E-state index < -0.39 is 13.0 Å². The number of pyridine rings is 1. The Morgan fingerprint density at radius 1 is 1.34 bits per heavy atom. The third kappa shape index (κ3) is 6.35. The van der Waals surface area contributed by atoms with Crippen LogP contribution in [0.5, 0.6) is 11.1 Å². The van der Waals surface area contributed by atoms with Gasteiger partial charge in [-0.1, -0.05) is 22.9 Å². The van der Waals surface area contributed by atoms with Crippen LogP contribution in [0.25, 0.3) is 10.3 Å². The molecule has 1 atom stereocenters. The van der Waals surface area contributed by atoms with E-state index in [9.17, 15) is 13.6 Å². The van der Waals surface area contributed by atoms with Gasteiger partial charge in [-0.15, -0.1) is 0 Å². The Kier molecular flexibility index (Phi) is 7.42. The molecule has 1 aliphatic rings. The molecule has 2 aromatic heterocycles. The highest BCUT2D eigenvalue weighted by atomic mass is 35.5. The minimum atomic E-state index is -2.57. The molecule has 0 unspecified atom stereocenters. The van der Waals surface area contributed by atoms with Crippen LogP contribution in [0.4, 0.5) is 8.78 Å². The summed E-state index contributed by atoms with van der Waals surface area (Å²) in [7, 11) is 0. The number of halogens is 3. The highest BCUT2D eigenvalue weighted by Crippen LogP contribution is 2.35. The fourth-order valence-electron chi connectivity index (χ4n) is 2.92. The van der Waals surface area contributed by atoms with Gasteiger partial charge < -0.3 is 19.5 Å². The highest BCUT2D eigenvalue weighted by Gasteiger charge is 2.31. The molecule has 0 saturated heterocycles. The lowest BCUT2D eigenvalue weighted by molar-refractivity contribution is -0.120. The van der Waals surface area contributed by atoms with Crippen molar-refractivity contribution in [1.29, 1.82) is 0 Å². The van der Waals surface area contributed by atoms with Crippen LogP contribution < -0.4 is 14.8 Å². The number of rotatable bonds is 10. The Morgan fingerprint density at radius 3 is 2.79 bits per heavy atom. The number of thiazole rings is 1. The number of ether oxygens (including phenoxy) is 3. The minimum absolute atomic E-state index is 0.0218. The third-order valence-corrected chi connectivity index (χ3v) is 5.45. The van der Waals surface area contributed by atoms with Crippen LogP contribution in [0, 0.1) is 5.92 Å². The molecule has 11 heteroatoms. The van der Waals surface area contributed by atoms with Crippen molar-refractivity contribution in [3.8, 4) is 11.1 Å². The second-order valence-corrected chi connectivity index (χ2v) is 8.33. The van der Waals surface area contributed by atoms with Crippen LogP contribution in [0.3, 0.4) is 0 Å². The van der Waals surface area contributed by atoms with E-state index in [4.69, 9.17) is 25.8 Å². The number of hydrogen-bond acceptors (Lipinski definition) is 7. The van der Waals surface area contributed by atoms with Crippen molar-refractivity contribution in [1.82, 2.24) is 15.3 Å². The molecule has 1 amide bonds. The van der Waals surface area contributed by atoms with Gasteiger partial charge in [0.1, 0.15) is 10.5 Å². The van der Waals surface area contributed by atoms with Crippen molar-refractivity contribution >= 4 is 39.2 Å². The summed E-state index contributed by atoms with van der Waals surface area (Å²) in [6.45, 7) is 3.59. The molecule has 0 aliphatic heterocycles.